The highest BCUT2D eigenvalue weighted by Crippen LogP contribution is 2.29. The number of hydrogen-bond acceptors (Lipinski definition) is 4. The number of amides is 1. The van der Waals surface area contributed by atoms with Crippen molar-refractivity contribution in [1.29, 1.82) is 0 Å². The summed E-state index contributed by atoms with van der Waals surface area (Å²) in [5.41, 5.74) is 1.44. The molecule has 0 aromatic carbocycles. The minimum Gasteiger partial charge on any atom is -0.383 e. The van der Waals surface area contributed by atoms with Crippen molar-refractivity contribution in [2.45, 2.75) is 38.4 Å². The van der Waals surface area contributed by atoms with Gasteiger partial charge in [0.05, 0.1) is 17.4 Å². The summed E-state index contributed by atoms with van der Waals surface area (Å²) >= 11 is 1.83. The number of hydrogen-bond donors (Lipinski definition) is 2. The van der Waals surface area contributed by atoms with E-state index in [1.54, 1.807) is 18.5 Å². The number of pyridine rings is 1. The van der Waals surface area contributed by atoms with Crippen LogP contribution in [0.25, 0.3) is 0 Å². The quantitative estimate of drug-likeness (QED) is 0.773. The van der Waals surface area contributed by atoms with E-state index in [2.05, 4.69) is 35.7 Å². The lowest BCUT2D eigenvalue weighted by atomic mass is 10.0. The SMILES string of the molecule is CCNc1cnccc1C(=O)NCC(CC)(CC)SC. The second-order valence-electron chi connectivity index (χ2n) is 4.73. The Morgan fingerprint density at radius 1 is 1.35 bits per heavy atom. The van der Waals surface area contributed by atoms with Crippen LogP contribution in [0, 0.1) is 0 Å². The third kappa shape index (κ3) is 4.13. The fourth-order valence-corrected chi connectivity index (χ4v) is 2.92. The van der Waals surface area contributed by atoms with Crippen molar-refractivity contribution in [3.63, 3.8) is 0 Å². The van der Waals surface area contributed by atoms with Crippen molar-refractivity contribution in [3.05, 3.63) is 24.0 Å². The average molecular weight is 295 g/mol. The zero-order chi connectivity index (χ0) is 15.0. The van der Waals surface area contributed by atoms with Crippen LogP contribution in [0.1, 0.15) is 44.0 Å². The molecule has 20 heavy (non-hydrogen) atoms. The van der Waals surface area contributed by atoms with Crippen LogP contribution in [0.5, 0.6) is 0 Å². The molecule has 0 bridgehead atoms. The highest BCUT2D eigenvalue weighted by atomic mass is 32.2. The number of carbonyl (C=O) groups excluding carboxylic acids is 1. The predicted octanol–water partition coefficient (Wildman–Crippen LogP) is 3.17. The Morgan fingerprint density at radius 3 is 2.60 bits per heavy atom. The first-order valence-corrected chi connectivity index (χ1v) is 8.36. The van der Waals surface area contributed by atoms with Crippen LogP contribution in [0.15, 0.2) is 18.5 Å². The molecule has 1 amide bonds. The Balaban J connectivity index is 2.76. The van der Waals surface area contributed by atoms with Crippen LogP contribution in [-0.4, -0.2) is 35.0 Å². The zero-order valence-electron chi connectivity index (χ0n) is 12.8. The molecule has 1 aromatic heterocycles. The first-order chi connectivity index (χ1) is 9.62. The molecule has 1 aromatic rings. The van der Waals surface area contributed by atoms with Gasteiger partial charge in [0.25, 0.3) is 5.91 Å². The Hall–Kier alpha value is -1.23. The largest absolute Gasteiger partial charge is 0.383 e. The topological polar surface area (TPSA) is 54.0 Å². The van der Waals surface area contributed by atoms with Gasteiger partial charge in [0.2, 0.25) is 0 Å². The molecule has 1 heterocycles. The minimum atomic E-state index is -0.0383. The Kier molecular flexibility index (Phi) is 6.85. The van der Waals surface area contributed by atoms with Crippen molar-refractivity contribution < 1.29 is 4.79 Å². The summed E-state index contributed by atoms with van der Waals surface area (Å²) in [6, 6.07) is 1.76. The van der Waals surface area contributed by atoms with Crippen molar-refractivity contribution in [2.24, 2.45) is 0 Å². The maximum absolute atomic E-state index is 12.3. The van der Waals surface area contributed by atoms with Gasteiger partial charge in [0.15, 0.2) is 0 Å². The smallest absolute Gasteiger partial charge is 0.253 e. The van der Waals surface area contributed by atoms with Gasteiger partial charge in [-0.05, 0) is 32.1 Å². The Labute approximate surface area is 126 Å². The van der Waals surface area contributed by atoms with E-state index in [0.29, 0.717) is 12.1 Å². The van der Waals surface area contributed by atoms with Crippen LogP contribution in [0.2, 0.25) is 0 Å². The number of rotatable bonds is 8. The molecule has 0 aliphatic carbocycles. The van der Waals surface area contributed by atoms with E-state index >= 15 is 0 Å². The fraction of sp³-hybridized carbons (Fsp3) is 0.600. The number of carbonyl (C=O) groups is 1. The van der Waals surface area contributed by atoms with Crippen LogP contribution >= 0.6 is 11.8 Å². The molecule has 1 rings (SSSR count). The summed E-state index contributed by atoms with van der Waals surface area (Å²) in [6.07, 6.45) is 7.54. The Bertz CT molecular complexity index is 425. The van der Waals surface area contributed by atoms with Crippen molar-refractivity contribution in [3.8, 4) is 0 Å². The molecule has 0 atom stereocenters. The van der Waals surface area contributed by atoms with Crippen LogP contribution < -0.4 is 10.6 Å². The highest BCUT2D eigenvalue weighted by Gasteiger charge is 2.25. The van der Waals surface area contributed by atoms with E-state index in [9.17, 15) is 4.79 Å². The first kappa shape index (κ1) is 16.8. The van der Waals surface area contributed by atoms with E-state index in [4.69, 9.17) is 0 Å². The van der Waals surface area contributed by atoms with Gasteiger partial charge in [-0.15, -0.1) is 0 Å². The molecule has 0 unspecified atom stereocenters. The monoisotopic (exact) mass is 295 g/mol. The highest BCUT2D eigenvalue weighted by molar-refractivity contribution is 8.00. The molecule has 0 spiro atoms. The van der Waals surface area contributed by atoms with E-state index in [1.165, 1.54) is 0 Å². The molecular weight excluding hydrogens is 270 g/mol. The van der Waals surface area contributed by atoms with Gasteiger partial charge in [-0.25, -0.2) is 0 Å². The first-order valence-electron chi connectivity index (χ1n) is 7.13. The summed E-state index contributed by atoms with van der Waals surface area (Å²) in [5.74, 6) is -0.0383. The van der Waals surface area contributed by atoms with Gasteiger partial charge in [0.1, 0.15) is 0 Å². The van der Waals surface area contributed by atoms with E-state index in [1.807, 2.05) is 18.7 Å². The van der Waals surface area contributed by atoms with Crippen LogP contribution in [0.4, 0.5) is 5.69 Å². The second-order valence-corrected chi connectivity index (χ2v) is 6.00. The fourth-order valence-electron chi connectivity index (χ4n) is 2.12. The maximum Gasteiger partial charge on any atom is 0.253 e. The standard InChI is InChI=1S/C15H25N3OS/c1-5-15(6-2,20-4)11-18-14(19)12-8-9-16-10-13(12)17-7-3/h8-10,17H,5-7,11H2,1-4H3,(H,18,19). The number of thioether (sulfide) groups is 1. The maximum atomic E-state index is 12.3. The van der Waals surface area contributed by atoms with Gasteiger partial charge in [-0.3, -0.25) is 9.78 Å². The lowest BCUT2D eigenvalue weighted by Crippen LogP contribution is -2.39. The van der Waals surface area contributed by atoms with Gasteiger partial charge >= 0.3 is 0 Å². The number of nitrogens with one attached hydrogen (secondary N) is 2. The number of aromatic nitrogens is 1. The van der Waals surface area contributed by atoms with E-state index in [-0.39, 0.29) is 10.7 Å². The summed E-state index contributed by atoms with van der Waals surface area (Å²) < 4.78 is 0.126. The molecule has 2 N–H and O–H groups in total. The summed E-state index contributed by atoms with van der Waals surface area (Å²) in [6.45, 7) is 7.80. The van der Waals surface area contributed by atoms with Gasteiger partial charge in [-0.2, -0.15) is 11.8 Å². The minimum absolute atomic E-state index is 0.0383. The third-order valence-corrected chi connectivity index (χ3v) is 5.31. The number of anilines is 1. The van der Waals surface area contributed by atoms with Crippen LogP contribution in [-0.2, 0) is 0 Å². The lowest BCUT2D eigenvalue weighted by molar-refractivity contribution is 0.0949. The van der Waals surface area contributed by atoms with Gasteiger partial charge in [0, 0.05) is 24.0 Å². The summed E-state index contributed by atoms with van der Waals surface area (Å²) in [5, 5.41) is 6.23. The molecule has 0 saturated heterocycles. The molecular formula is C15H25N3OS. The molecule has 4 nitrogen and oxygen atoms in total. The second kappa shape index (κ2) is 8.15. The van der Waals surface area contributed by atoms with Crippen molar-refractivity contribution >= 4 is 23.4 Å². The molecule has 5 heteroatoms. The summed E-state index contributed by atoms with van der Waals surface area (Å²) in [4.78, 5) is 16.4. The normalized spacial score (nSPS) is 11.2. The molecule has 0 aliphatic heterocycles. The Morgan fingerprint density at radius 2 is 2.05 bits per heavy atom. The lowest BCUT2D eigenvalue weighted by Gasteiger charge is -2.29. The van der Waals surface area contributed by atoms with E-state index in [0.717, 1.165) is 25.1 Å². The van der Waals surface area contributed by atoms with Gasteiger partial charge in [-0.1, -0.05) is 13.8 Å². The van der Waals surface area contributed by atoms with Crippen molar-refractivity contribution in [2.75, 3.05) is 24.7 Å². The summed E-state index contributed by atoms with van der Waals surface area (Å²) in [7, 11) is 0. The van der Waals surface area contributed by atoms with E-state index < -0.39 is 0 Å². The molecule has 0 aliphatic rings. The third-order valence-electron chi connectivity index (χ3n) is 3.73. The average Bonchev–Trinajstić information content (AvgIpc) is 2.50. The van der Waals surface area contributed by atoms with Crippen LogP contribution in [0.3, 0.4) is 0 Å². The molecule has 0 radical (unpaired) electrons. The molecule has 0 saturated carbocycles. The van der Waals surface area contributed by atoms with Gasteiger partial charge < -0.3 is 10.6 Å². The zero-order valence-corrected chi connectivity index (χ0v) is 13.6. The molecule has 112 valence electrons. The predicted molar refractivity (Wildman–Crippen MR) is 87.6 cm³/mol. The van der Waals surface area contributed by atoms with Crippen molar-refractivity contribution in [1.82, 2.24) is 10.3 Å². The molecule has 0 fully saturated rings. The number of nitrogens with zero attached hydrogens (tertiary/aromatic N) is 1.